The van der Waals surface area contributed by atoms with Crippen molar-refractivity contribution in [2.75, 3.05) is 23.3 Å². The molecule has 0 bridgehead atoms. The van der Waals surface area contributed by atoms with Crippen LogP contribution < -0.4 is 10.2 Å². The molecule has 3 rings (SSSR count). The van der Waals surface area contributed by atoms with E-state index >= 15 is 0 Å². The van der Waals surface area contributed by atoms with Gasteiger partial charge in [0.2, 0.25) is 5.82 Å². The molecule has 0 aliphatic carbocycles. The maximum absolute atomic E-state index is 14.0. The molecule has 29 heavy (non-hydrogen) atoms. The van der Waals surface area contributed by atoms with Crippen molar-refractivity contribution in [3.05, 3.63) is 57.3 Å². The standard InChI is InChI=1S/C18H16F4N4O3/c1-10-6-11(7-16(23-10)25-4-2-18(21,22)3-5-25)24-17(27)12-8-14(20)15(26(28)29)9-13(12)19/h6-9H,2-5H2,1H3,(H,23,24,27). The van der Waals surface area contributed by atoms with Crippen LogP contribution in [0.5, 0.6) is 0 Å². The summed E-state index contributed by atoms with van der Waals surface area (Å²) < 4.78 is 54.5. The highest BCUT2D eigenvalue weighted by Crippen LogP contribution is 2.31. The van der Waals surface area contributed by atoms with Crippen molar-refractivity contribution in [1.29, 1.82) is 0 Å². The molecule has 1 aromatic carbocycles. The van der Waals surface area contributed by atoms with Gasteiger partial charge >= 0.3 is 5.69 Å². The first-order chi connectivity index (χ1) is 13.6. The van der Waals surface area contributed by atoms with Gasteiger partial charge in [-0.15, -0.1) is 0 Å². The number of pyridine rings is 1. The fourth-order valence-corrected chi connectivity index (χ4v) is 3.00. The van der Waals surface area contributed by atoms with Crippen LogP contribution in [0.15, 0.2) is 24.3 Å². The number of aryl methyl sites for hydroxylation is 1. The van der Waals surface area contributed by atoms with E-state index in [0.717, 1.165) is 0 Å². The van der Waals surface area contributed by atoms with Gasteiger partial charge < -0.3 is 10.2 Å². The third-order valence-corrected chi connectivity index (χ3v) is 4.49. The highest BCUT2D eigenvalue weighted by Gasteiger charge is 2.34. The molecule has 0 spiro atoms. The van der Waals surface area contributed by atoms with Crippen LogP contribution in [0.4, 0.5) is 34.8 Å². The number of aromatic nitrogens is 1. The highest BCUT2D eigenvalue weighted by atomic mass is 19.3. The Hall–Kier alpha value is -3.24. The molecule has 0 atom stereocenters. The largest absolute Gasteiger partial charge is 0.356 e. The minimum absolute atomic E-state index is 0.0824. The highest BCUT2D eigenvalue weighted by molar-refractivity contribution is 6.04. The first-order valence-electron chi connectivity index (χ1n) is 8.62. The topological polar surface area (TPSA) is 88.4 Å². The van der Waals surface area contributed by atoms with Gasteiger partial charge in [0, 0.05) is 43.4 Å². The summed E-state index contributed by atoms with van der Waals surface area (Å²) in [6.07, 6.45) is -0.644. The normalized spacial score (nSPS) is 15.8. The molecule has 1 saturated heterocycles. The van der Waals surface area contributed by atoms with E-state index in [1.165, 1.54) is 12.1 Å². The summed E-state index contributed by atoms with van der Waals surface area (Å²) in [4.78, 5) is 27.8. The fourth-order valence-electron chi connectivity index (χ4n) is 3.00. The van der Waals surface area contributed by atoms with Crippen LogP contribution in [0.3, 0.4) is 0 Å². The molecule has 1 aliphatic heterocycles. The average molecular weight is 412 g/mol. The minimum atomic E-state index is -2.73. The number of carbonyl (C=O) groups is 1. The number of nitro groups is 1. The second kappa shape index (κ2) is 7.64. The van der Waals surface area contributed by atoms with Gasteiger partial charge in [0.25, 0.3) is 11.8 Å². The zero-order valence-corrected chi connectivity index (χ0v) is 15.2. The summed E-state index contributed by atoms with van der Waals surface area (Å²) in [6, 6.07) is 3.69. The molecule has 1 aromatic heterocycles. The van der Waals surface area contributed by atoms with Gasteiger partial charge in [-0.05, 0) is 19.1 Å². The first kappa shape index (κ1) is 20.5. The number of alkyl halides is 2. The van der Waals surface area contributed by atoms with Crippen LogP contribution >= 0.6 is 0 Å². The first-order valence-corrected chi connectivity index (χ1v) is 8.62. The van der Waals surface area contributed by atoms with Gasteiger partial charge in [-0.2, -0.15) is 4.39 Å². The van der Waals surface area contributed by atoms with Crippen molar-refractivity contribution < 1.29 is 27.3 Å². The fraction of sp³-hybridized carbons (Fsp3) is 0.333. The number of anilines is 2. The number of benzene rings is 1. The Kier molecular flexibility index (Phi) is 5.40. The number of amides is 1. The monoisotopic (exact) mass is 412 g/mol. The number of rotatable bonds is 4. The number of hydrogen-bond acceptors (Lipinski definition) is 5. The zero-order chi connectivity index (χ0) is 21.3. The van der Waals surface area contributed by atoms with Gasteiger partial charge in [0.15, 0.2) is 0 Å². The lowest BCUT2D eigenvalue weighted by Crippen LogP contribution is -2.39. The summed E-state index contributed by atoms with van der Waals surface area (Å²) in [6.45, 7) is 1.79. The van der Waals surface area contributed by atoms with E-state index in [1.807, 2.05) is 0 Å². The van der Waals surface area contributed by atoms with E-state index in [2.05, 4.69) is 10.3 Å². The Morgan fingerprint density at radius 2 is 1.83 bits per heavy atom. The minimum Gasteiger partial charge on any atom is -0.356 e. The van der Waals surface area contributed by atoms with E-state index in [0.29, 0.717) is 23.6 Å². The van der Waals surface area contributed by atoms with Crippen LogP contribution in [-0.4, -0.2) is 34.8 Å². The third-order valence-electron chi connectivity index (χ3n) is 4.49. The molecule has 0 radical (unpaired) electrons. The van der Waals surface area contributed by atoms with E-state index in [4.69, 9.17) is 0 Å². The molecule has 1 amide bonds. The Balaban J connectivity index is 1.82. The van der Waals surface area contributed by atoms with Gasteiger partial charge in [-0.3, -0.25) is 14.9 Å². The van der Waals surface area contributed by atoms with Crippen molar-refractivity contribution >= 4 is 23.1 Å². The van der Waals surface area contributed by atoms with E-state index in [9.17, 15) is 32.5 Å². The molecule has 2 aromatic rings. The van der Waals surface area contributed by atoms with E-state index in [-0.39, 0.29) is 31.6 Å². The Labute approximate surface area is 162 Å². The summed E-state index contributed by atoms with van der Waals surface area (Å²) in [7, 11) is 0. The van der Waals surface area contributed by atoms with Crippen molar-refractivity contribution in [3.8, 4) is 0 Å². The van der Waals surface area contributed by atoms with Crippen LogP contribution in [0.1, 0.15) is 28.9 Å². The number of nitro benzene ring substituents is 1. The predicted octanol–water partition coefficient (Wildman–Crippen LogP) is 4.06. The number of nitrogens with one attached hydrogen (secondary N) is 1. The van der Waals surface area contributed by atoms with E-state index < -0.39 is 39.6 Å². The lowest BCUT2D eigenvalue weighted by molar-refractivity contribution is -0.387. The summed E-state index contributed by atoms with van der Waals surface area (Å²) in [5, 5.41) is 13.0. The second-order valence-electron chi connectivity index (χ2n) is 6.69. The lowest BCUT2D eigenvalue weighted by atomic mass is 10.1. The van der Waals surface area contributed by atoms with Gasteiger partial charge in [0.1, 0.15) is 11.6 Å². The van der Waals surface area contributed by atoms with Crippen LogP contribution in [-0.2, 0) is 0 Å². The molecule has 154 valence electrons. The SMILES string of the molecule is Cc1cc(NC(=O)c2cc(F)c([N+](=O)[O-])cc2F)cc(N2CCC(F)(F)CC2)n1. The number of piperidine rings is 1. The molecule has 2 heterocycles. The van der Waals surface area contributed by atoms with Crippen LogP contribution in [0, 0.1) is 28.7 Å². The average Bonchev–Trinajstić information content (AvgIpc) is 2.62. The molecule has 11 heteroatoms. The Morgan fingerprint density at radius 3 is 2.45 bits per heavy atom. The molecular weight excluding hydrogens is 396 g/mol. The third kappa shape index (κ3) is 4.61. The Morgan fingerprint density at radius 1 is 1.17 bits per heavy atom. The summed E-state index contributed by atoms with van der Waals surface area (Å²) in [5.74, 6) is -5.97. The molecule has 0 unspecified atom stereocenters. The Bertz CT molecular complexity index is 974. The summed E-state index contributed by atoms with van der Waals surface area (Å²) >= 11 is 0. The molecule has 1 N–H and O–H groups in total. The van der Waals surface area contributed by atoms with Crippen molar-refractivity contribution in [2.24, 2.45) is 0 Å². The molecule has 0 saturated carbocycles. The predicted molar refractivity (Wildman–Crippen MR) is 96.3 cm³/mol. The number of hydrogen-bond donors (Lipinski definition) is 1. The maximum atomic E-state index is 14.0. The number of halogens is 4. The zero-order valence-electron chi connectivity index (χ0n) is 15.2. The molecule has 1 aliphatic rings. The molecule has 7 nitrogen and oxygen atoms in total. The van der Waals surface area contributed by atoms with Gasteiger partial charge in [-0.1, -0.05) is 0 Å². The maximum Gasteiger partial charge on any atom is 0.307 e. The van der Waals surface area contributed by atoms with Crippen LogP contribution in [0.25, 0.3) is 0 Å². The summed E-state index contributed by atoms with van der Waals surface area (Å²) in [5.41, 5.74) is -1.11. The quantitative estimate of drug-likeness (QED) is 0.465. The molecule has 1 fully saturated rings. The van der Waals surface area contributed by atoms with Crippen molar-refractivity contribution in [2.45, 2.75) is 25.7 Å². The van der Waals surface area contributed by atoms with Crippen molar-refractivity contribution in [1.82, 2.24) is 4.98 Å². The molecular formula is C18H16F4N4O3. The van der Waals surface area contributed by atoms with Gasteiger partial charge in [-0.25, -0.2) is 18.2 Å². The van der Waals surface area contributed by atoms with E-state index in [1.54, 1.807) is 11.8 Å². The van der Waals surface area contributed by atoms with Gasteiger partial charge in [0.05, 0.1) is 16.6 Å². The van der Waals surface area contributed by atoms with Crippen molar-refractivity contribution in [3.63, 3.8) is 0 Å². The number of carbonyl (C=O) groups excluding carboxylic acids is 1. The number of nitrogens with zero attached hydrogens (tertiary/aromatic N) is 3. The van der Waals surface area contributed by atoms with Crippen LogP contribution in [0.2, 0.25) is 0 Å². The second-order valence-corrected chi connectivity index (χ2v) is 6.69. The lowest BCUT2D eigenvalue weighted by Gasteiger charge is -2.32. The smallest absolute Gasteiger partial charge is 0.307 e.